The Hall–Kier alpha value is -1.68. The molecule has 0 spiro atoms. The van der Waals surface area contributed by atoms with E-state index in [1.54, 1.807) is 25.1 Å². The lowest BCUT2D eigenvalue weighted by Gasteiger charge is -2.10. The van der Waals surface area contributed by atoms with Crippen molar-refractivity contribution in [2.45, 2.75) is 23.8 Å². The standard InChI is InChI=1S/C14H16N2OS/c1-9-7-13(10(2)6-12(9)17-3)18-14-5-4-11(15)8-16-14/h4-8H,15H2,1-3H3. The number of aryl methyl sites for hydroxylation is 2. The Morgan fingerprint density at radius 1 is 1.17 bits per heavy atom. The van der Waals surface area contributed by atoms with Gasteiger partial charge in [0.25, 0.3) is 0 Å². The van der Waals surface area contributed by atoms with Gasteiger partial charge in [0.15, 0.2) is 0 Å². The van der Waals surface area contributed by atoms with Gasteiger partial charge < -0.3 is 10.5 Å². The van der Waals surface area contributed by atoms with Crippen LogP contribution in [0.5, 0.6) is 5.75 Å². The lowest BCUT2D eigenvalue weighted by molar-refractivity contribution is 0.411. The predicted octanol–water partition coefficient (Wildman–Crippen LogP) is 3.44. The van der Waals surface area contributed by atoms with Crippen molar-refractivity contribution in [2.75, 3.05) is 12.8 Å². The number of rotatable bonds is 3. The fourth-order valence-electron chi connectivity index (χ4n) is 1.66. The number of hydrogen-bond acceptors (Lipinski definition) is 4. The summed E-state index contributed by atoms with van der Waals surface area (Å²) in [5, 5.41) is 0.942. The number of nitrogens with zero attached hydrogens (tertiary/aromatic N) is 1. The number of benzene rings is 1. The maximum absolute atomic E-state index is 5.62. The van der Waals surface area contributed by atoms with Gasteiger partial charge in [-0.15, -0.1) is 0 Å². The fraction of sp³-hybridized carbons (Fsp3) is 0.214. The molecule has 0 bridgehead atoms. The second-order valence-electron chi connectivity index (χ2n) is 4.12. The van der Waals surface area contributed by atoms with Crippen LogP contribution in [0.2, 0.25) is 0 Å². The number of methoxy groups -OCH3 is 1. The molecular formula is C14H16N2OS. The first-order valence-corrected chi connectivity index (χ1v) is 6.46. The van der Waals surface area contributed by atoms with E-state index in [0.29, 0.717) is 5.69 Å². The van der Waals surface area contributed by atoms with E-state index in [2.05, 4.69) is 24.0 Å². The predicted molar refractivity (Wildman–Crippen MR) is 75.2 cm³/mol. The molecule has 0 saturated carbocycles. The highest BCUT2D eigenvalue weighted by atomic mass is 32.2. The maximum atomic E-state index is 5.62. The van der Waals surface area contributed by atoms with Gasteiger partial charge in [0.2, 0.25) is 0 Å². The molecule has 18 heavy (non-hydrogen) atoms. The van der Waals surface area contributed by atoms with Gasteiger partial charge in [0, 0.05) is 4.90 Å². The zero-order valence-corrected chi connectivity index (χ0v) is 11.5. The molecule has 0 aliphatic rings. The summed E-state index contributed by atoms with van der Waals surface area (Å²) in [5.74, 6) is 0.919. The van der Waals surface area contributed by atoms with Gasteiger partial charge in [-0.25, -0.2) is 4.98 Å². The molecular weight excluding hydrogens is 244 g/mol. The Morgan fingerprint density at radius 3 is 2.56 bits per heavy atom. The third-order valence-corrected chi connectivity index (χ3v) is 3.78. The average Bonchev–Trinajstić information content (AvgIpc) is 2.36. The number of hydrogen-bond donors (Lipinski definition) is 1. The van der Waals surface area contributed by atoms with E-state index in [-0.39, 0.29) is 0 Å². The van der Waals surface area contributed by atoms with E-state index in [4.69, 9.17) is 10.5 Å². The Balaban J connectivity index is 2.29. The highest BCUT2D eigenvalue weighted by Gasteiger charge is 2.07. The first-order valence-electron chi connectivity index (χ1n) is 5.65. The molecule has 1 aromatic heterocycles. The molecule has 0 unspecified atom stereocenters. The quantitative estimate of drug-likeness (QED) is 0.918. The highest BCUT2D eigenvalue weighted by Crippen LogP contribution is 2.33. The molecule has 0 aliphatic carbocycles. The van der Waals surface area contributed by atoms with Gasteiger partial charge in [-0.05, 0) is 49.2 Å². The molecule has 2 N–H and O–H groups in total. The fourth-order valence-corrected chi connectivity index (χ4v) is 2.58. The zero-order chi connectivity index (χ0) is 13.1. The van der Waals surface area contributed by atoms with Crippen LogP contribution >= 0.6 is 11.8 Å². The lowest BCUT2D eigenvalue weighted by Crippen LogP contribution is -1.91. The summed E-state index contributed by atoms with van der Waals surface area (Å²) < 4.78 is 5.31. The highest BCUT2D eigenvalue weighted by molar-refractivity contribution is 7.99. The minimum Gasteiger partial charge on any atom is -0.496 e. The zero-order valence-electron chi connectivity index (χ0n) is 10.7. The third-order valence-electron chi connectivity index (χ3n) is 2.67. The van der Waals surface area contributed by atoms with E-state index in [9.17, 15) is 0 Å². The summed E-state index contributed by atoms with van der Waals surface area (Å²) in [7, 11) is 1.69. The summed E-state index contributed by atoms with van der Waals surface area (Å²) in [4.78, 5) is 5.48. The van der Waals surface area contributed by atoms with Gasteiger partial charge >= 0.3 is 0 Å². The van der Waals surface area contributed by atoms with Crippen LogP contribution in [-0.2, 0) is 0 Å². The molecule has 0 aliphatic heterocycles. The molecule has 1 aromatic carbocycles. The lowest BCUT2D eigenvalue weighted by atomic mass is 10.1. The van der Waals surface area contributed by atoms with E-state index >= 15 is 0 Å². The Kier molecular flexibility index (Phi) is 3.77. The van der Waals surface area contributed by atoms with Crippen molar-refractivity contribution in [3.8, 4) is 5.75 Å². The summed E-state index contributed by atoms with van der Waals surface area (Å²) in [6.45, 7) is 4.11. The molecule has 0 saturated heterocycles. The average molecular weight is 260 g/mol. The van der Waals surface area contributed by atoms with Crippen LogP contribution in [0.15, 0.2) is 40.4 Å². The SMILES string of the molecule is COc1cc(C)c(Sc2ccc(N)cn2)cc1C. The number of pyridine rings is 1. The molecule has 0 fully saturated rings. The summed E-state index contributed by atoms with van der Waals surface area (Å²) >= 11 is 1.63. The molecule has 2 aromatic rings. The van der Waals surface area contributed by atoms with Gasteiger partial charge in [0.1, 0.15) is 10.8 Å². The van der Waals surface area contributed by atoms with Crippen LogP contribution in [-0.4, -0.2) is 12.1 Å². The van der Waals surface area contributed by atoms with Crippen molar-refractivity contribution < 1.29 is 4.74 Å². The van der Waals surface area contributed by atoms with Crippen molar-refractivity contribution in [3.63, 3.8) is 0 Å². The molecule has 2 rings (SSSR count). The minimum absolute atomic E-state index is 0.682. The molecule has 0 amide bonds. The van der Waals surface area contributed by atoms with Crippen molar-refractivity contribution in [1.82, 2.24) is 4.98 Å². The smallest absolute Gasteiger partial charge is 0.122 e. The third kappa shape index (κ3) is 2.76. The van der Waals surface area contributed by atoms with Crippen LogP contribution in [0, 0.1) is 13.8 Å². The topological polar surface area (TPSA) is 48.1 Å². The van der Waals surface area contributed by atoms with Crippen LogP contribution in [0.3, 0.4) is 0 Å². The van der Waals surface area contributed by atoms with E-state index in [1.807, 2.05) is 19.1 Å². The van der Waals surface area contributed by atoms with E-state index < -0.39 is 0 Å². The van der Waals surface area contributed by atoms with Crippen molar-refractivity contribution in [3.05, 3.63) is 41.6 Å². The molecule has 94 valence electrons. The summed E-state index contributed by atoms with van der Waals surface area (Å²) in [6.07, 6.45) is 1.67. The van der Waals surface area contributed by atoms with Crippen LogP contribution in [0.25, 0.3) is 0 Å². The van der Waals surface area contributed by atoms with Gasteiger partial charge in [-0.3, -0.25) is 0 Å². The summed E-state index contributed by atoms with van der Waals surface area (Å²) in [5.41, 5.74) is 8.61. The molecule has 3 nitrogen and oxygen atoms in total. The van der Waals surface area contributed by atoms with Crippen molar-refractivity contribution in [1.29, 1.82) is 0 Å². The summed E-state index contributed by atoms with van der Waals surface area (Å²) in [6, 6.07) is 7.96. The molecule has 0 atom stereocenters. The van der Waals surface area contributed by atoms with E-state index in [1.165, 1.54) is 10.5 Å². The number of nitrogen functional groups attached to an aromatic ring is 1. The Bertz CT molecular complexity index is 552. The largest absolute Gasteiger partial charge is 0.496 e. The number of anilines is 1. The Morgan fingerprint density at radius 2 is 1.94 bits per heavy atom. The minimum atomic E-state index is 0.682. The van der Waals surface area contributed by atoms with Gasteiger partial charge in [-0.2, -0.15) is 0 Å². The second kappa shape index (κ2) is 5.31. The van der Waals surface area contributed by atoms with Crippen LogP contribution in [0.4, 0.5) is 5.69 Å². The van der Waals surface area contributed by atoms with Crippen LogP contribution in [0.1, 0.15) is 11.1 Å². The first-order chi connectivity index (χ1) is 8.60. The number of ether oxygens (including phenoxy) is 1. The Labute approximate surface area is 111 Å². The van der Waals surface area contributed by atoms with Crippen LogP contribution < -0.4 is 10.5 Å². The number of nitrogens with two attached hydrogens (primary N) is 1. The van der Waals surface area contributed by atoms with Gasteiger partial charge in [0.05, 0.1) is 19.0 Å². The van der Waals surface area contributed by atoms with Gasteiger partial charge in [-0.1, -0.05) is 11.8 Å². The van der Waals surface area contributed by atoms with E-state index in [0.717, 1.165) is 16.3 Å². The van der Waals surface area contributed by atoms with Crippen molar-refractivity contribution in [2.24, 2.45) is 0 Å². The first kappa shape index (κ1) is 12.8. The maximum Gasteiger partial charge on any atom is 0.122 e. The second-order valence-corrected chi connectivity index (χ2v) is 5.18. The molecule has 1 heterocycles. The monoisotopic (exact) mass is 260 g/mol. The number of aromatic nitrogens is 1. The normalized spacial score (nSPS) is 10.4. The van der Waals surface area contributed by atoms with Crippen molar-refractivity contribution >= 4 is 17.4 Å². The molecule has 0 radical (unpaired) electrons. The molecule has 4 heteroatoms.